The molecule has 0 saturated carbocycles. The SMILES string of the molecule is N#Cc1ccc(C(=O)Nc2ccccn2)cc1. The Morgan fingerprint density at radius 2 is 1.94 bits per heavy atom. The van der Waals surface area contributed by atoms with E-state index in [1.807, 2.05) is 6.07 Å². The quantitative estimate of drug-likeness (QED) is 0.848. The molecule has 0 fully saturated rings. The predicted octanol–water partition coefficient (Wildman–Crippen LogP) is 2.21. The van der Waals surface area contributed by atoms with Gasteiger partial charge in [0, 0.05) is 11.8 Å². The van der Waals surface area contributed by atoms with Crippen LogP contribution >= 0.6 is 0 Å². The molecule has 0 spiro atoms. The van der Waals surface area contributed by atoms with Crippen molar-refractivity contribution in [1.82, 2.24) is 4.98 Å². The number of anilines is 1. The number of aromatic nitrogens is 1. The molecular formula is C13H9N3O. The number of nitrogens with zero attached hydrogens (tertiary/aromatic N) is 2. The van der Waals surface area contributed by atoms with Gasteiger partial charge in [-0.25, -0.2) is 4.98 Å². The number of hydrogen-bond donors (Lipinski definition) is 1. The van der Waals surface area contributed by atoms with Crippen LogP contribution < -0.4 is 5.32 Å². The van der Waals surface area contributed by atoms with Crippen LogP contribution in [0.25, 0.3) is 0 Å². The molecule has 82 valence electrons. The van der Waals surface area contributed by atoms with Crippen molar-refractivity contribution in [1.29, 1.82) is 5.26 Å². The number of amides is 1. The first-order valence-corrected chi connectivity index (χ1v) is 5.02. The second-order valence-electron chi connectivity index (χ2n) is 3.36. The van der Waals surface area contributed by atoms with Crippen LogP contribution in [0.1, 0.15) is 15.9 Å². The Labute approximate surface area is 98.5 Å². The molecule has 1 N–H and O–H groups in total. The third-order valence-electron chi connectivity index (χ3n) is 2.18. The van der Waals surface area contributed by atoms with Crippen molar-refractivity contribution in [2.45, 2.75) is 0 Å². The lowest BCUT2D eigenvalue weighted by atomic mass is 10.1. The van der Waals surface area contributed by atoms with E-state index >= 15 is 0 Å². The van der Waals surface area contributed by atoms with E-state index in [9.17, 15) is 4.79 Å². The Morgan fingerprint density at radius 1 is 1.18 bits per heavy atom. The van der Waals surface area contributed by atoms with Crippen LogP contribution in [0.15, 0.2) is 48.7 Å². The van der Waals surface area contributed by atoms with Gasteiger partial charge in [-0.05, 0) is 36.4 Å². The smallest absolute Gasteiger partial charge is 0.256 e. The Kier molecular flexibility index (Phi) is 3.13. The maximum absolute atomic E-state index is 11.8. The van der Waals surface area contributed by atoms with E-state index in [2.05, 4.69) is 10.3 Å². The molecule has 17 heavy (non-hydrogen) atoms. The molecule has 1 amide bonds. The number of pyridine rings is 1. The van der Waals surface area contributed by atoms with Crippen molar-refractivity contribution in [3.8, 4) is 6.07 Å². The molecule has 1 aromatic heterocycles. The van der Waals surface area contributed by atoms with Crippen molar-refractivity contribution in [2.24, 2.45) is 0 Å². The van der Waals surface area contributed by atoms with Crippen LogP contribution in [0.3, 0.4) is 0 Å². The molecular weight excluding hydrogens is 214 g/mol. The van der Waals surface area contributed by atoms with Crippen molar-refractivity contribution in [3.63, 3.8) is 0 Å². The maximum atomic E-state index is 11.8. The Morgan fingerprint density at radius 3 is 2.53 bits per heavy atom. The van der Waals surface area contributed by atoms with E-state index in [0.29, 0.717) is 16.9 Å². The summed E-state index contributed by atoms with van der Waals surface area (Å²) in [5.74, 6) is 0.259. The molecule has 4 heteroatoms. The fourth-order valence-corrected chi connectivity index (χ4v) is 1.32. The van der Waals surface area contributed by atoms with Crippen LogP contribution in [-0.2, 0) is 0 Å². The second kappa shape index (κ2) is 4.90. The summed E-state index contributed by atoms with van der Waals surface area (Å²) >= 11 is 0. The highest BCUT2D eigenvalue weighted by atomic mass is 16.1. The molecule has 1 aromatic carbocycles. The second-order valence-corrected chi connectivity index (χ2v) is 3.36. The largest absolute Gasteiger partial charge is 0.307 e. The number of carbonyl (C=O) groups excluding carboxylic acids is 1. The van der Waals surface area contributed by atoms with Gasteiger partial charge < -0.3 is 5.32 Å². The lowest BCUT2D eigenvalue weighted by Crippen LogP contribution is -2.12. The Balaban J connectivity index is 2.13. The summed E-state index contributed by atoms with van der Waals surface area (Å²) in [6.45, 7) is 0. The molecule has 0 bridgehead atoms. The molecule has 0 atom stereocenters. The summed E-state index contributed by atoms with van der Waals surface area (Å²) in [5, 5.41) is 11.3. The molecule has 0 radical (unpaired) electrons. The van der Waals surface area contributed by atoms with Gasteiger partial charge in [-0.2, -0.15) is 5.26 Å². The summed E-state index contributed by atoms with van der Waals surface area (Å²) in [7, 11) is 0. The van der Waals surface area contributed by atoms with Crippen LogP contribution in [0, 0.1) is 11.3 Å². The molecule has 2 rings (SSSR count). The van der Waals surface area contributed by atoms with Crippen molar-refractivity contribution in [2.75, 3.05) is 5.32 Å². The summed E-state index contributed by atoms with van der Waals surface area (Å²) in [5.41, 5.74) is 1.02. The van der Waals surface area contributed by atoms with Gasteiger partial charge in [0.2, 0.25) is 0 Å². The summed E-state index contributed by atoms with van der Waals surface area (Å²) in [6.07, 6.45) is 1.61. The van der Waals surface area contributed by atoms with E-state index in [-0.39, 0.29) is 5.91 Å². The normalized spacial score (nSPS) is 9.35. The number of nitrogens with one attached hydrogen (secondary N) is 1. The predicted molar refractivity (Wildman–Crippen MR) is 63.3 cm³/mol. The van der Waals surface area contributed by atoms with Gasteiger partial charge in [-0.3, -0.25) is 4.79 Å². The van der Waals surface area contributed by atoms with Crippen LogP contribution in [0.2, 0.25) is 0 Å². The minimum Gasteiger partial charge on any atom is -0.307 e. The van der Waals surface area contributed by atoms with Crippen LogP contribution in [0.4, 0.5) is 5.82 Å². The van der Waals surface area contributed by atoms with Gasteiger partial charge in [0.25, 0.3) is 5.91 Å². The lowest BCUT2D eigenvalue weighted by Gasteiger charge is -2.03. The van der Waals surface area contributed by atoms with Crippen LogP contribution in [0.5, 0.6) is 0 Å². The van der Waals surface area contributed by atoms with Gasteiger partial charge in [0.1, 0.15) is 5.82 Å². The van der Waals surface area contributed by atoms with E-state index in [4.69, 9.17) is 5.26 Å². The minimum atomic E-state index is -0.242. The molecule has 2 aromatic rings. The van der Waals surface area contributed by atoms with Gasteiger partial charge in [0.05, 0.1) is 11.6 Å². The zero-order chi connectivity index (χ0) is 12.1. The first-order chi connectivity index (χ1) is 8.29. The standard InChI is InChI=1S/C13H9N3O/c14-9-10-4-6-11(7-5-10)13(17)16-12-3-1-2-8-15-12/h1-8H,(H,15,16,17). The number of nitriles is 1. The lowest BCUT2D eigenvalue weighted by molar-refractivity contribution is 0.102. The zero-order valence-corrected chi connectivity index (χ0v) is 8.92. The van der Waals surface area contributed by atoms with Gasteiger partial charge in [-0.15, -0.1) is 0 Å². The molecule has 4 nitrogen and oxygen atoms in total. The molecule has 0 aliphatic rings. The highest BCUT2D eigenvalue weighted by Gasteiger charge is 2.05. The van der Waals surface area contributed by atoms with Crippen LogP contribution in [-0.4, -0.2) is 10.9 Å². The summed E-state index contributed by atoms with van der Waals surface area (Å²) in [6, 6.07) is 13.7. The molecule has 0 aliphatic carbocycles. The topological polar surface area (TPSA) is 65.8 Å². The fourth-order valence-electron chi connectivity index (χ4n) is 1.32. The first-order valence-electron chi connectivity index (χ1n) is 5.02. The molecule has 1 heterocycles. The minimum absolute atomic E-state index is 0.242. The number of benzene rings is 1. The monoisotopic (exact) mass is 223 g/mol. The molecule has 0 unspecified atom stereocenters. The van der Waals surface area contributed by atoms with E-state index in [1.165, 1.54) is 0 Å². The highest BCUT2D eigenvalue weighted by Crippen LogP contribution is 2.07. The Hall–Kier alpha value is -2.67. The van der Waals surface area contributed by atoms with E-state index in [1.54, 1.807) is 48.7 Å². The number of carbonyl (C=O) groups is 1. The number of hydrogen-bond acceptors (Lipinski definition) is 3. The van der Waals surface area contributed by atoms with Gasteiger partial charge in [0.15, 0.2) is 0 Å². The van der Waals surface area contributed by atoms with E-state index < -0.39 is 0 Å². The van der Waals surface area contributed by atoms with Gasteiger partial charge in [-0.1, -0.05) is 6.07 Å². The first kappa shape index (κ1) is 10.8. The highest BCUT2D eigenvalue weighted by molar-refractivity contribution is 6.03. The third kappa shape index (κ3) is 2.67. The van der Waals surface area contributed by atoms with Crippen molar-refractivity contribution >= 4 is 11.7 Å². The summed E-state index contributed by atoms with van der Waals surface area (Å²) < 4.78 is 0. The van der Waals surface area contributed by atoms with Crippen molar-refractivity contribution in [3.05, 3.63) is 59.8 Å². The average Bonchev–Trinajstić information content (AvgIpc) is 2.40. The maximum Gasteiger partial charge on any atom is 0.256 e. The molecule has 0 aliphatic heterocycles. The van der Waals surface area contributed by atoms with Gasteiger partial charge >= 0.3 is 0 Å². The van der Waals surface area contributed by atoms with Crippen molar-refractivity contribution < 1.29 is 4.79 Å². The number of rotatable bonds is 2. The Bertz CT molecular complexity index is 555. The average molecular weight is 223 g/mol. The summed E-state index contributed by atoms with van der Waals surface area (Å²) in [4.78, 5) is 15.8. The van der Waals surface area contributed by atoms with E-state index in [0.717, 1.165) is 0 Å². The fraction of sp³-hybridized carbons (Fsp3) is 0. The third-order valence-corrected chi connectivity index (χ3v) is 2.18. The zero-order valence-electron chi connectivity index (χ0n) is 8.92. The molecule has 0 saturated heterocycles.